The van der Waals surface area contributed by atoms with Crippen molar-refractivity contribution < 1.29 is 21.9 Å². The fourth-order valence-electron chi connectivity index (χ4n) is 1.91. The van der Waals surface area contributed by atoms with Crippen LogP contribution < -0.4 is 4.72 Å². The first kappa shape index (κ1) is 15.7. The minimum absolute atomic E-state index is 0.102. The number of hydrogen-bond acceptors (Lipinski definition) is 7. The van der Waals surface area contributed by atoms with Crippen molar-refractivity contribution >= 4 is 36.3 Å². The Labute approximate surface area is 122 Å². The number of nitrogens with one attached hydrogen (secondary N) is 1. The maximum Gasteiger partial charge on any atom is 0.237 e. The third kappa shape index (κ3) is 3.68. The minimum atomic E-state index is -3.65. The predicted octanol–water partition coefficient (Wildman–Crippen LogP) is 0.515. The Balaban J connectivity index is 2.07. The van der Waals surface area contributed by atoms with Crippen molar-refractivity contribution in [3.05, 3.63) is 11.1 Å². The van der Waals surface area contributed by atoms with E-state index in [1.54, 1.807) is 12.3 Å². The van der Waals surface area contributed by atoms with Gasteiger partial charge in [0.05, 0.1) is 28.6 Å². The molecular weight excluding hydrogens is 324 g/mol. The van der Waals surface area contributed by atoms with Crippen LogP contribution in [0.3, 0.4) is 0 Å². The van der Waals surface area contributed by atoms with E-state index in [-0.39, 0.29) is 29.5 Å². The minimum Gasteiger partial charge on any atom is -0.387 e. The van der Waals surface area contributed by atoms with Crippen LogP contribution in [0.5, 0.6) is 0 Å². The monoisotopic (exact) mass is 340 g/mol. The molecule has 1 atom stereocenters. The van der Waals surface area contributed by atoms with E-state index >= 15 is 0 Å². The van der Waals surface area contributed by atoms with Crippen LogP contribution in [0.15, 0.2) is 5.38 Å². The summed E-state index contributed by atoms with van der Waals surface area (Å²) < 4.78 is 49.3. The zero-order chi connectivity index (χ0) is 15.0. The number of aliphatic hydroxyl groups excluding tert-OH is 1. The summed E-state index contributed by atoms with van der Waals surface area (Å²) in [4.78, 5) is 3.98. The van der Waals surface area contributed by atoms with Crippen LogP contribution in [0.25, 0.3) is 0 Å². The second kappa shape index (κ2) is 5.58. The Morgan fingerprint density at radius 1 is 1.45 bits per heavy atom. The number of aromatic nitrogens is 1. The summed E-state index contributed by atoms with van der Waals surface area (Å²) in [5.41, 5.74) is 0.402. The summed E-state index contributed by atoms with van der Waals surface area (Å²) >= 11 is 1.09. The molecule has 2 rings (SSSR count). The van der Waals surface area contributed by atoms with E-state index in [2.05, 4.69) is 9.71 Å². The lowest BCUT2D eigenvalue weighted by atomic mass is 10.2. The summed E-state index contributed by atoms with van der Waals surface area (Å²) in [6.07, 6.45) is -0.553. The van der Waals surface area contributed by atoms with E-state index in [9.17, 15) is 21.9 Å². The maximum atomic E-state index is 12.1. The third-order valence-corrected chi connectivity index (χ3v) is 7.57. The zero-order valence-electron chi connectivity index (χ0n) is 10.8. The van der Waals surface area contributed by atoms with Crippen molar-refractivity contribution in [2.75, 3.05) is 16.2 Å². The molecule has 114 valence electrons. The number of nitrogens with zero attached hydrogens (tertiary/aromatic N) is 1. The smallest absolute Gasteiger partial charge is 0.237 e. The van der Waals surface area contributed by atoms with E-state index in [1.807, 2.05) is 0 Å². The van der Waals surface area contributed by atoms with Gasteiger partial charge in [0, 0.05) is 5.38 Å². The number of sulfone groups is 1. The highest BCUT2D eigenvalue weighted by Crippen LogP contribution is 2.25. The van der Waals surface area contributed by atoms with Gasteiger partial charge in [0.25, 0.3) is 0 Å². The molecule has 0 saturated carbocycles. The van der Waals surface area contributed by atoms with Gasteiger partial charge in [-0.3, -0.25) is 4.72 Å². The van der Waals surface area contributed by atoms with Crippen LogP contribution in [0, 0.1) is 0 Å². The number of thiazole rings is 1. The van der Waals surface area contributed by atoms with Crippen LogP contribution in [0.4, 0.5) is 5.13 Å². The zero-order valence-corrected chi connectivity index (χ0v) is 13.3. The molecule has 1 aliphatic heterocycles. The molecule has 0 radical (unpaired) electrons. The van der Waals surface area contributed by atoms with Gasteiger partial charge in [-0.25, -0.2) is 21.8 Å². The lowest BCUT2D eigenvalue weighted by Crippen LogP contribution is -2.36. The predicted molar refractivity (Wildman–Crippen MR) is 77.0 cm³/mol. The topological polar surface area (TPSA) is 113 Å². The highest BCUT2D eigenvalue weighted by Gasteiger charge is 2.33. The molecule has 1 aromatic heterocycles. The summed E-state index contributed by atoms with van der Waals surface area (Å²) in [7, 11) is -6.74. The van der Waals surface area contributed by atoms with E-state index in [0.29, 0.717) is 5.69 Å². The molecule has 0 aliphatic carbocycles. The average molecular weight is 340 g/mol. The van der Waals surface area contributed by atoms with Crippen LogP contribution in [0.1, 0.15) is 31.6 Å². The van der Waals surface area contributed by atoms with Crippen LogP contribution in [0.2, 0.25) is 0 Å². The van der Waals surface area contributed by atoms with Crippen LogP contribution >= 0.6 is 11.3 Å². The molecule has 0 spiro atoms. The Morgan fingerprint density at radius 3 is 2.55 bits per heavy atom. The normalized spacial score (nSPS) is 21.5. The molecule has 2 N–H and O–H groups in total. The molecule has 1 aliphatic rings. The molecule has 0 aromatic carbocycles. The Kier molecular flexibility index (Phi) is 4.38. The summed E-state index contributed by atoms with van der Waals surface area (Å²) in [5, 5.41) is 10.4. The maximum absolute atomic E-state index is 12.1. The van der Waals surface area contributed by atoms with Crippen LogP contribution in [-0.4, -0.2) is 43.7 Å². The first-order chi connectivity index (χ1) is 9.20. The first-order valence-electron chi connectivity index (χ1n) is 6.05. The molecule has 10 heteroatoms. The third-order valence-electron chi connectivity index (χ3n) is 3.12. The fourth-order valence-corrected chi connectivity index (χ4v) is 6.19. The van der Waals surface area contributed by atoms with Gasteiger partial charge in [-0.2, -0.15) is 0 Å². The summed E-state index contributed by atoms with van der Waals surface area (Å²) in [6, 6.07) is 0. The van der Waals surface area contributed by atoms with Crippen molar-refractivity contribution in [2.45, 2.75) is 31.1 Å². The Bertz CT molecular complexity index is 664. The van der Waals surface area contributed by atoms with Gasteiger partial charge >= 0.3 is 0 Å². The number of sulfonamides is 1. The van der Waals surface area contributed by atoms with Gasteiger partial charge in [0.15, 0.2) is 5.13 Å². The molecule has 1 unspecified atom stereocenters. The van der Waals surface area contributed by atoms with Crippen molar-refractivity contribution in [2.24, 2.45) is 0 Å². The lowest BCUT2D eigenvalue weighted by Gasteiger charge is -2.21. The van der Waals surface area contributed by atoms with Gasteiger partial charge in [0.2, 0.25) is 10.0 Å². The molecule has 2 heterocycles. The highest BCUT2D eigenvalue weighted by atomic mass is 32.2. The number of rotatable bonds is 4. The molecule has 1 fully saturated rings. The second-order valence-electron chi connectivity index (χ2n) is 4.75. The van der Waals surface area contributed by atoms with Gasteiger partial charge < -0.3 is 5.11 Å². The molecule has 0 amide bonds. The van der Waals surface area contributed by atoms with Crippen molar-refractivity contribution in [1.82, 2.24) is 4.98 Å². The van der Waals surface area contributed by atoms with Crippen LogP contribution in [-0.2, 0) is 19.9 Å². The Hall–Kier alpha value is -0.710. The lowest BCUT2D eigenvalue weighted by molar-refractivity contribution is 0.195. The van der Waals surface area contributed by atoms with E-state index < -0.39 is 31.2 Å². The van der Waals surface area contributed by atoms with Crippen molar-refractivity contribution in [1.29, 1.82) is 0 Å². The number of anilines is 1. The van der Waals surface area contributed by atoms with Gasteiger partial charge in [0.1, 0.15) is 9.84 Å². The van der Waals surface area contributed by atoms with Crippen molar-refractivity contribution in [3.63, 3.8) is 0 Å². The molecule has 20 heavy (non-hydrogen) atoms. The number of aliphatic hydroxyl groups is 1. The largest absolute Gasteiger partial charge is 0.387 e. The second-order valence-corrected chi connectivity index (χ2v) is 9.87. The molecule has 1 saturated heterocycles. The van der Waals surface area contributed by atoms with E-state index in [1.165, 1.54) is 0 Å². The standard InChI is InChI=1S/C10H16N2O5S3/c1-7(13)9-6-18-10(11-9)12-20(16,17)8-2-4-19(14,15)5-3-8/h6-8,13H,2-5H2,1H3,(H,11,12). The quantitative estimate of drug-likeness (QED) is 0.826. The van der Waals surface area contributed by atoms with Gasteiger partial charge in [-0.05, 0) is 19.8 Å². The highest BCUT2D eigenvalue weighted by molar-refractivity contribution is 7.94. The van der Waals surface area contributed by atoms with Gasteiger partial charge in [-0.1, -0.05) is 0 Å². The molecule has 1 aromatic rings. The molecule has 0 bridgehead atoms. The summed E-state index contributed by atoms with van der Waals surface area (Å²) in [6.45, 7) is 1.54. The van der Waals surface area contributed by atoms with Gasteiger partial charge in [-0.15, -0.1) is 11.3 Å². The molecule has 7 nitrogen and oxygen atoms in total. The fraction of sp³-hybridized carbons (Fsp3) is 0.700. The average Bonchev–Trinajstić information content (AvgIpc) is 2.76. The first-order valence-corrected chi connectivity index (χ1v) is 10.3. The van der Waals surface area contributed by atoms with E-state index in [0.717, 1.165) is 11.3 Å². The SMILES string of the molecule is CC(O)c1csc(NS(=O)(=O)C2CCS(=O)(=O)CC2)n1. The Morgan fingerprint density at radius 2 is 2.05 bits per heavy atom. The van der Waals surface area contributed by atoms with E-state index in [4.69, 9.17) is 0 Å². The number of hydrogen-bond donors (Lipinski definition) is 2. The summed E-state index contributed by atoms with van der Waals surface area (Å²) in [5.74, 6) is -0.204. The molecular formula is C10H16N2O5S3. The van der Waals surface area contributed by atoms with Crippen molar-refractivity contribution in [3.8, 4) is 0 Å².